The number of nitrogens with one attached hydrogen (secondary N) is 2. The molecule has 4 N–H and O–H groups in total. The van der Waals surface area contributed by atoms with Crippen LogP contribution >= 0.6 is 23.2 Å². The van der Waals surface area contributed by atoms with E-state index >= 15 is 0 Å². The molecule has 4 aromatic rings. The van der Waals surface area contributed by atoms with E-state index in [2.05, 4.69) is 15.2 Å². The Bertz CT molecular complexity index is 1270. The molecular weight excluding hydrogens is 590 g/mol. The number of aliphatic hydroxyl groups is 1. The molecule has 37 heavy (non-hydrogen) atoms. The van der Waals surface area contributed by atoms with Gasteiger partial charge in [0.1, 0.15) is 18.5 Å². The third kappa shape index (κ3) is 7.91. The molecule has 0 bridgehead atoms. The van der Waals surface area contributed by atoms with Gasteiger partial charge in [0.2, 0.25) is 0 Å². The third-order valence-corrected chi connectivity index (χ3v) is 6.33. The number of aliphatic hydroxyl groups excluding tert-OH is 1. The van der Waals surface area contributed by atoms with E-state index in [1.807, 2.05) is 42.5 Å². The number of aromatic nitrogens is 1. The van der Waals surface area contributed by atoms with Crippen molar-refractivity contribution >= 4 is 34.1 Å². The summed E-state index contributed by atoms with van der Waals surface area (Å²) in [6.45, 7) is 1.57. The Kier molecular flexibility index (Phi) is 11.7. The van der Waals surface area contributed by atoms with E-state index in [1.165, 1.54) is 10.9 Å². The number of aromatic amines is 1. The van der Waals surface area contributed by atoms with Crippen LogP contribution in [0.4, 0.5) is 0 Å². The maximum absolute atomic E-state index is 9.75. The predicted molar refractivity (Wildman–Crippen MR) is 144 cm³/mol. The topological polar surface area (TPSA) is 101 Å². The molecule has 2 heterocycles. The fourth-order valence-corrected chi connectivity index (χ4v) is 4.44. The second-order valence-corrected chi connectivity index (χ2v) is 9.28. The van der Waals surface area contributed by atoms with Crippen LogP contribution in [0.1, 0.15) is 22.9 Å². The molecule has 0 spiro atoms. The first-order valence-corrected chi connectivity index (χ1v) is 12.3. The Labute approximate surface area is 251 Å². The van der Waals surface area contributed by atoms with Crippen molar-refractivity contribution in [1.29, 1.82) is 0 Å². The third-order valence-electron chi connectivity index (χ3n) is 5.85. The summed E-state index contributed by atoms with van der Waals surface area (Å²) in [6, 6.07) is 20.3. The fraction of sp³-hybridized carbons (Fsp3) is 0.259. The van der Waals surface area contributed by atoms with Crippen molar-refractivity contribution in [2.75, 3.05) is 26.7 Å². The number of fused-ring (bicyclic) bond motifs is 3. The molecule has 1 aliphatic heterocycles. The van der Waals surface area contributed by atoms with Gasteiger partial charge < -0.3 is 30.3 Å². The molecule has 1 aliphatic rings. The summed E-state index contributed by atoms with van der Waals surface area (Å²) in [4.78, 5) is 7.45. The number of hydrogen-bond acceptors (Lipinski definition) is 5. The summed E-state index contributed by atoms with van der Waals surface area (Å²) in [5, 5.41) is 28.2. The van der Waals surface area contributed by atoms with Crippen LogP contribution in [0, 0.1) is 0 Å². The maximum atomic E-state index is 9.75. The van der Waals surface area contributed by atoms with Gasteiger partial charge in [0.25, 0.3) is 0 Å². The Hall–Kier alpha value is -1.68. The first kappa shape index (κ1) is 29.9. The van der Waals surface area contributed by atoms with Crippen LogP contribution in [-0.4, -0.2) is 48.2 Å². The minimum Gasteiger partial charge on any atom is -0.650 e. The molecule has 10 heteroatoms. The molecular formula is C27H28Cl2N3O4Y-. The van der Waals surface area contributed by atoms with Gasteiger partial charge in [-0.3, -0.25) is 0 Å². The van der Waals surface area contributed by atoms with Crippen LogP contribution in [0.25, 0.3) is 16.2 Å². The van der Waals surface area contributed by atoms with Gasteiger partial charge in [0.15, 0.2) is 5.75 Å². The second-order valence-electron chi connectivity index (χ2n) is 8.40. The summed E-state index contributed by atoms with van der Waals surface area (Å²) in [6.07, 6.45) is 0.403. The van der Waals surface area contributed by atoms with Crippen LogP contribution in [-0.2, 0) is 39.1 Å². The van der Waals surface area contributed by atoms with Crippen LogP contribution < -0.4 is 14.9 Å². The van der Waals surface area contributed by atoms with Crippen molar-refractivity contribution < 1.29 is 52.7 Å². The molecule has 0 amide bonds. The summed E-state index contributed by atoms with van der Waals surface area (Å²) in [5.74, 6) is 1.13. The van der Waals surface area contributed by atoms with Crippen molar-refractivity contribution in [3.8, 4) is 11.5 Å². The Morgan fingerprint density at radius 1 is 1.03 bits per heavy atom. The average molecular weight is 618 g/mol. The van der Waals surface area contributed by atoms with Gasteiger partial charge in [-0.25, -0.2) is 5.26 Å². The zero-order valence-corrected chi connectivity index (χ0v) is 24.7. The van der Waals surface area contributed by atoms with Crippen molar-refractivity contribution in [3.63, 3.8) is 0 Å². The Morgan fingerprint density at radius 3 is 2.38 bits per heavy atom. The van der Waals surface area contributed by atoms with E-state index in [0.717, 1.165) is 40.5 Å². The Morgan fingerprint density at radius 2 is 1.70 bits per heavy atom. The molecule has 7 nitrogen and oxygen atoms in total. The molecule has 0 aliphatic carbocycles. The van der Waals surface area contributed by atoms with E-state index in [1.54, 1.807) is 31.3 Å². The molecule has 0 saturated carbocycles. The molecule has 5 rings (SSSR count). The largest absolute Gasteiger partial charge is 0.650 e. The van der Waals surface area contributed by atoms with Crippen molar-refractivity contribution in [1.82, 2.24) is 10.3 Å². The minimum atomic E-state index is -0.524. The second kappa shape index (κ2) is 14.5. The molecule has 3 aromatic carbocycles. The monoisotopic (exact) mass is 617 g/mol. The van der Waals surface area contributed by atoms with E-state index in [-0.39, 0.29) is 45.4 Å². The smallest absolute Gasteiger partial charge is 0.165 e. The minimum absolute atomic E-state index is 0. The predicted octanol–water partition coefficient (Wildman–Crippen LogP) is 5.99. The van der Waals surface area contributed by atoms with E-state index in [9.17, 15) is 5.11 Å². The molecule has 0 saturated heterocycles. The first-order chi connectivity index (χ1) is 17.5. The number of hydrogen-bond donors (Lipinski definition) is 4. The van der Waals surface area contributed by atoms with Gasteiger partial charge in [-0.15, -0.1) is 6.54 Å². The van der Waals surface area contributed by atoms with Crippen LogP contribution in [0.2, 0.25) is 10.0 Å². The number of benzene rings is 3. The maximum Gasteiger partial charge on any atom is 0.165 e. The molecule has 2 unspecified atom stereocenters. The van der Waals surface area contributed by atoms with Crippen LogP contribution in [0.5, 0.6) is 11.5 Å². The quantitative estimate of drug-likeness (QED) is 0.151. The average Bonchev–Trinajstić information content (AvgIpc) is 3.27. The standard InChI is InChI=1S/C21H23ClN3O2.C6H5ClO2.Y/c1-23-11-15(26)12-27-16-5-2-13(3-6-16)20-21-17(8-9-24-20)18-10-14(22)4-7-19(18)25-21;7-5-1-3-6(9-8)4-2-5;/h2-7,10,15,20,23,25-26H,8-9,11-12H2,1H3;1-4,8H;/q-1;;. The molecule has 2 atom stereocenters. The zero-order chi connectivity index (χ0) is 25.5. The number of rotatable bonds is 7. The van der Waals surface area contributed by atoms with Gasteiger partial charge in [-0.05, 0) is 73.6 Å². The SMILES string of the molecule is CNCC(O)COc1ccc(C2[N-]CCc3c2[nH]c2ccc(Cl)cc32)cc1.OOc1ccc(Cl)cc1.[Y]. The number of halogens is 2. The molecule has 1 aromatic heterocycles. The van der Waals surface area contributed by atoms with Gasteiger partial charge in [-0.2, -0.15) is 0 Å². The number of ether oxygens (including phenoxy) is 1. The molecule has 193 valence electrons. The summed E-state index contributed by atoms with van der Waals surface area (Å²) < 4.78 is 5.65. The van der Waals surface area contributed by atoms with Crippen LogP contribution in [0.3, 0.4) is 0 Å². The summed E-state index contributed by atoms with van der Waals surface area (Å²) in [5.41, 5.74) is 4.68. The zero-order valence-electron chi connectivity index (χ0n) is 20.3. The number of nitrogens with zero attached hydrogens (tertiary/aromatic N) is 1. The van der Waals surface area contributed by atoms with Gasteiger partial charge in [0, 0.05) is 65.9 Å². The van der Waals surface area contributed by atoms with Gasteiger partial charge >= 0.3 is 0 Å². The summed E-state index contributed by atoms with van der Waals surface area (Å²) in [7, 11) is 1.80. The van der Waals surface area contributed by atoms with Gasteiger partial charge in [-0.1, -0.05) is 46.9 Å². The Balaban J connectivity index is 0.000000324. The van der Waals surface area contributed by atoms with E-state index in [0.29, 0.717) is 17.3 Å². The van der Waals surface area contributed by atoms with Crippen molar-refractivity contribution in [3.05, 3.63) is 98.9 Å². The number of likely N-dealkylation sites (N-methyl/N-ethyl adjacent to an activating group) is 1. The van der Waals surface area contributed by atoms with E-state index in [4.69, 9.17) is 38.5 Å². The first-order valence-electron chi connectivity index (χ1n) is 11.6. The van der Waals surface area contributed by atoms with E-state index < -0.39 is 6.10 Å². The summed E-state index contributed by atoms with van der Waals surface area (Å²) >= 11 is 11.7. The molecule has 0 fully saturated rings. The van der Waals surface area contributed by atoms with Crippen LogP contribution in [0.15, 0.2) is 66.7 Å². The van der Waals surface area contributed by atoms with Gasteiger partial charge in [0.05, 0.1) is 0 Å². The van der Waals surface area contributed by atoms with Crippen molar-refractivity contribution in [2.24, 2.45) is 0 Å². The number of H-pyrrole nitrogens is 1. The normalized spacial score (nSPS) is 15.1. The molecule has 1 radical (unpaired) electrons. The fourth-order valence-electron chi connectivity index (χ4n) is 4.14. The van der Waals surface area contributed by atoms with Crippen molar-refractivity contribution in [2.45, 2.75) is 18.6 Å².